The molecule has 106 valence electrons. The van der Waals surface area contributed by atoms with Gasteiger partial charge in [0.25, 0.3) is 0 Å². The molecule has 3 N–H and O–H groups in total. The Balaban J connectivity index is 0.00000180. The lowest BCUT2D eigenvalue weighted by molar-refractivity contribution is -0.120. The molecule has 1 fully saturated rings. The van der Waals surface area contributed by atoms with Crippen LogP contribution in [-0.2, 0) is 4.79 Å². The Bertz CT molecular complexity index is 378. The van der Waals surface area contributed by atoms with Crippen molar-refractivity contribution in [2.45, 2.75) is 37.8 Å². The first-order chi connectivity index (χ1) is 8.74. The van der Waals surface area contributed by atoms with E-state index in [0.29, 0.717) is 6.54 Å². The van der Waals surface area contributed by atoms with Gasteiger partial charge in [-0.2, -0.15) is 0 Å². The third-order valence-corrected chi connectivity index (χ3v) is 3.29. The monoisotopic (exact) mass is 284 g/mol. The number of amides is 1. The molecular weight excluding hydrogens is 264 g/mol. The van der Waals surface area contributed by atoms with Gasteiger partial charge in [-0.1, -0.05) is 18.2 Å². The molecule has 1 amide bonds. The summed E-state index contributed by atoms with van der Waals surface area (Å²) < 4.78 is 0. The lowest BCUT2D eigenvalue weighted by Crippen LogP contribution is -2.41. The number of aliphatic hydroxyl groups is 1. The number of hydrogen-bond acceptors (Lipinski definition) is 3. The second-order valence-corrected chi connectivity index (χ2v) is 4.79. The van der Waals surface area contributed by atoms with E-state index in [1.807, 2.05) is 30.3 Å². The maximum atomic E-state index is 11.7. The molecule has 1 aliphatic carbocycles. The van der Waals surface area contributed by atoms with Crippen LogP contribution in [0.4, 0.5) is 5.69 Å². The normalized spacial score (nSPS) is 22.2. The highest BCUT2D eigenvalue weighted by Gasteiger charge is 2.20. The van der Waals surface area contributed by atoms with Gasteiger partial charge in [0, 0.05) is 11.7 Å². The van der Waals surface area contributed by atoms with Crippen molar-refractivity contribution < 1.29 is 9.90 Å². The molecule has 1 saturated carbocycles. The third kappa shape index (κ3) is 5.49. The highest BCUT2D eigenvalue weighted by Crippen LogP contribution is 2.18. The standard InChI is InChI=1S/C14H20N2O2.ClH/c17-13-8-6-12(7-9-13)16-14(18)10-15-11-4-2-1-3-5-11;/h1-5,12-13,15,17H,6-10H2,(H,16,18);1H. The van der Waals surface area contributed by atoms with E-state index in [0.717, 1.165) is 31.4 Å². The van der Waals surface area contributed by atoms with Crippen molar-refractivity contribution >= 4 is 24.0 Å². The fourth-order valence-electron chi connectivity index (χ4n) is 2.24. The van der Waals surface area contributed by atoms with Gasteiger partial charge in [0.2, 0.25) is 5.91 Å². The van der Waals surface area contributed by atoms with Crippen LogP contribution in [0.15, 0.2) is 30.3 Å². The zero-order chi connectivity index (χ0) is 12.8. The minimum Gasteiger partial charge on any atom is -0.393 e. The second kappa shape index (κ2) is 8.02. The van der Waals surface area contributed by atoms with Gasteiger partial charge in [-0.3, -0.25) is 4.79 Å². The van der Waals surface area contributed by atoms with E-state index < -0.39 is 0 Å². The summed E-state index contributed by atoms with van der Waals surface area (Å²) >= 11 is 0. The predicted octanol–water partition coefficient (Wildman–Crippen LogP) is 1.94. The van der Waals surface area contributed by atoms with Crippen LogP contribution < -0.4 is 10.6 Å². The van der Waals surface area contributed by atoms with Crippen LogP contribution in [0.2, 0.25) is 0 Å². The maximum Gasteiger partial charge on any atom is 0.239 e. The second-order valence-electron chi connectivity index (χ2n) is 4.79. The molecule has 1 aliphatic rings. The molecule has 1 aromatic rings. The Kier molecular flexibility index (Phi) is 6.67. The van der Waals surface area contributed by atoms with Crippen molar-refractivity contribution in [3.05, 3.63) is 30.3 Å². The van der Waals surface area contributed by atoms with E-state index in [2.05, 4.69) is 10.6 Å². The molecule has 0 aliphatic heterocycles. The number of para-hydroxylation sites is 1. The molecule has 0 spiro atoms. The van der Waals surface area contributed by atoms with Gasteiger partial charge in [-0.15, -0.1) is 12.4 Å². The predicted molar refractivity (Wildman–Crippen MR) is 78.6 cm³/mol. The van der Waals surface area contributed by atoms with Crippen molar-refractivity contribution in [1.82, 2.24) is 5.32 Å². The van der Waals surface area contributed by atoms with Crippen LogP contribution in [0, 0.1) is 0 Å². The minimum absolute atomic E-state index is 0. The van der Waals surface area contributed by atoms with E-state index in [-0.39, 0.29) is 30.5 Å². The summed E-state index contributed by atoms with van der Waals surface area (Å²) in [4.78, 5) is 11.7. The van der Waals surface area contributed by atoms with E-state index in [9.17, 15) is 9.90 Å². The molecule has 0 heterocycles. The lowest BCUT2D eigenvalue weighted by atomic mass is 9.93. The Labute approximate surface area is 120 Å². The van der Waals surface area contributed by atoms with Gasteiger partial charge >= 0.3 is 0 Å². The topological polar surface area (TPSA) is 61.4 Å². The van der Waals surface area contributed by atoms with Crippen LogP contribution >= 0.6 is 12.4 Å². The molecule has 5 heteroatoms. The number of aliphatic hydroxyl groups excluding tert-OH is 1. The van der Waals surface area contributed by atoms with Crippen molar-refractivity contribution in [2.24, 2.45) is 0 Å². The smallest absolute Gasteiger partial charge is 0.239 e. The van der Waals surface area contributed by atoms with Crippen molar-refractivity contribution in [2.75, 3.05) is 11.9 Å². The number of hydrogen-bond donors (Lipinski definition) is 3. The average molecular weight is 285 g/mol. The zero-order valence-electron chi connectivity index (χ0n) is 10.8. The van der Waals surface area contributed by atoms with E-state index >= 15 is 0 Å². The molecule has 4 nitrogen and oxygen atoms in total. The van der Waals surface area contributed by atoms with E-state index in [1.165, 1.54) is 0 Å². The first-order valence-electron chi connectivity index (χ1n) is 6.50. The molecule has 0 radical (unpaired) electrons. The Hall–Kier alpha value is -1.26. The minimum atomic E-state index is -0.180. The summed E-state index contributed by atoms with van der Waals surface area (Å²) in [6.07, 6.45) is 3.14. The highest BCUT2D eigenvalue weighted by atomic mass is 35.5. The summed E-state index contributed by atoms with van der Waals surface area (Å²) in [6.45, 7) is 0.295. The Morgan fingerprint density at radius 2 is 1.79 bits per heavy atom. The van der Waals surface area contributed by atoms with E-state index in [4.69, 9.17) is 0 Å². The largest absolute Gasteiger partial charge is 0.393 e. The number of carbonyl (C=O) groups excluding carboxylic acids is 1. The molecule has 0 bridgehead atoms. The first-order valence-corrected chi connectivity index (χ1v) is 6.50. The molecule has 0 saturated heterocycles. The number of rotatable bonds is 4. The first kappa shape index (κ1) is 15.8. The average Bonchev–Trinajstić information content (AvgIpc) is 2.40. The highest BCUT2D eigenvalue weighted by molar-refractivity contribution is 5.85. The molecule has 0 unspecified atom stereocenters. The fourth-order valence-corrected chi connectivity index (χ4v) is 2.24. The van der Waals surface area contributed by atoms with Crippen molar-refractivity contribution in [3.8, 4) is 0 Å². The summed E-state index contributed by atoms with van der Waals surface area (Å²) in [6, 6.07) is 9.90. The summed E-state index contributed by atoms with van der Waals surface area (Å²) in [5, 5.41) is 15.5. The van der Waals surface area contributed by atoms with Crippen molar-refractivity contribution in [3.63, 3.8) is 0 Å². The van der Waals surface area contributed by atoms with Gasteiger partial charge in [0.05, 0.1) is 12.6 Å². The SMILES string of the molecule is Cl.O=C(CNc1ccccc1)NC1CCC(O)CC1. The fraction of sp³-hybridized carbons (Fsp3) is 0.500. The van der Waals surface area contributed by atoms with Gasteiger partial charge in [0.1, 0.15) is 0 Å². The summed E-state index contributed by atoms with van der Waals surface area (Å²) in [7, 11) is 0. The van der Waals surface area contributed by atoms with Crippen LogP contribution in [0.25, 0.3) is 0 Å². The third-order valence-electron chi connectivity index (χ3n) is 3.29. The Morgan fingerprint density at radius 3 is 2.42 bits per heavy atom. The molecule has 2 rings (SSSR count). The lowest BCUT2D eigenvalue weighted by Gasteiger charge is -2.26. The van der Waals surface area contributed by atoms with Gasteiger partial charge in [0.15, 0.2) is 0 Å². The van der Waals surface area contributed by atoms with Gasteiger partial charge in [-0.25, -0.2) is 0 Å². The van der Waals surface area contributed by atoms with Crippen LogP contribution in [0.1, 0.15) is 25.7 Å². The summed E-state index contributed by atoms with van der Waals surface area (Å²) in [5.41, 5.74) is 0.951. The number of nitrogens with one attached hydrogen (secondary N) is 2. The van der Waals surface area contributed by atoms with Gasteiger partial charge in [-0.05, 0) is 37.8 Å². The molecular formula is C14H21ClN2O2. The van der Waals surface area contributed by atoms with Crippen LogP contribution in [0.3, 0.4) is 0 Å². The quantitative estimate of drug-likeness (QED) is 0.792. The number of benzene rings is 1. The van der Waals surface area contributed by atoms with Crippen LogP contribution in [-0.4, -0.2) is 29.7 Å². The Morgan fingerprint density at radius 1 is 1.16 bits per heavy atom. The molecule has 0 aromatic heterocycles. The maximum absolute atomic E-state index is 11.7. The number of carbonyl (C=O) groups is 1. The van der Waals surface area contributed by atoms with Crippen LogP contribution in [0.5, 0.6) is 0 Å². The zero-order valence-corrected chi connectivity index (χ0v) is 11.7. The number of anilines is 1. The summed E-state index contributed by atoms with van der Waals surface area (Å²) in [5.74, 6) is 0.0141. The van der Waals surface area contributed by atoms with E-state index in [1.54, 1.807) is 0 Å². The van der Waals surface area contributed by atoms with Gasteiger partial charge < -0.3 is 15.7 Å². The molecule has 19 heavy (non-hydrogen) atoms. The van der Waals surface area contributed by atoms with Crippen molar-refractivity contribution in [1.29, 1.82) is 0 Å². The molecule has 0 atom stereocenters. The molecule has 1 aromatic carbocycles. The number of halogens is 1.